The highest BCUT2D eigenvalue weighted by atomic mass is 35.5. The molecule has 0 spiro atoms. The molecule has 1 atom stereocenters. The summed E-state index contributed by atoms with van der Waals surface area (Å²) in [6, 6.07) is 15.8. The summed E-state index contributed by atoms with van der Waals surface area (Å²) in [5.41, 5.74) is 1.31. The van der Waals surface area contributed by atoms with Crippen LogP contribution in [-0.2, 0) is 16.0 Å². The van der Waals surface area contributed by atoms with Crippen LogP contribution < -0.4 is 10.1 Å². The van der Waals surface area contributed by atoms with Crippen LogP contribution in [0.1, 0.15) is 18.9 Å². The molecule has 1 unspecified atom stereocenters. The maximum absolute atomic E-state index is 12.4. The third kappa shape index (κ3) is 5.33. The highest BCUT2D eigenvalue weighted by Gasteiger charge is 2.26. The Morgan fingerprint density at radius 3 is 2.69 bits per heavy atom. The predicted octanol–water partition coefficient (Wildman–Crippen LogP) is 4.02. The molecule has 6 heteroatoms. The van der Waals surface area contributed by atoms with Crippen molar-refractivity contribution in [2.24, 2.45) is 5.92 Å². The van der Waals surface area contributed by atoms with Gasteiger partial charge in [-0.3, -0.25) is 9.59 Å². The minimum atomic E-state index is -1.37. The number of halogens is 1. The molecule has 1 N–H and O–H groups in total. The molecule has 0 aliphatic carbocycles. The number of rotatable bonds is 8. The zero-order valence-electron chi connectivity index (χ0n) is 14.4. The van der Waals surface area contributed by atoms with E-state index in [9.17, 15) is 14.9 Å². The van der Waals surface area contributed by atoms with Gasteiger partial charge in [0.15, 0.2) is 11.7 Å². The number of nitrogens with zero attached hydrogens (tertiary/aromatic N) is 1. The zero-order chi connectivity index (χ0) is 18.9. The van der Waals surface area contributed by atoms with Crippen molar-refractivity contribution >= 4 is 29.0 Å². The highest BCUT2D eigenvalue weighted by molar-refractivity contribution is 6.30. The topological polar surface area (TPSA) is 79.2 Å². The Kier molecular flexibility index (Phi) is 7.19. The van der Waals surface area contributed by atoms with E-state index in [1.165, 1.54) is 0 Å². The van der Waals surface area contributed by atoms with E-state index in [0.717, 1.165) is 5.56 Å². The normalized spacial score (nSPS) is 11.3. The third-order valence-electron chi connectivity index (χ3n) is 3.71. The Labute approximate surface area is 157 Å². The van der Waals surface area contributed by atoms with Gasteiger partial charge in [0.1, 0.15) is 5.75 Å². The number of Topliss-reactive ketones (excluding diaryl/α,β-unsaturated/α-hetero) is 1. The fourth-order valence-electron chi connectivity index (χ4n) is 2.44. The lowest BCUT2D eigenvalue weighted by Gasteiger charge is -2.13. The molecule has 0 radical (unpaired) electrons. The maximum atomic E-state index is 12.4. The molecule has 1 amide bonds. The number of aryl methyl sites for hydroxylation is 1. The average molecular weight is 371 g/mol. The van der Waals surface area contributed by atoms with E-state index in [-0.39, 0.29) is 6.42 Å². The van der Waals surface area contributed by atoms with E-state index in [4.69, 9.17) is 16.3 Å². The third-order valence-corrected chi connectivity index (χ3v) is 3.94. The average Bonchev–Trinajstić information content (AvgIpc) is 2.62. The molecule has 26 heavy (non-hydrogen) atoms. The molecule has 0 fully saturated rings. The van der Waals surface area contributed by atoms with Crippen molar-refractivity contribution in [2.75, 3.05) is 11.9 Å². The first kappa shape index (κ1) is 19.5. The number of nitriles is 1. The van der Waals surface area contributed by atoms with Crippen molar-refractivity contribution in [3.63, 3.8) is 0 Å². The smallest absolute Gasteiger partial charge is 0.249 e. The van der Waals surface area contributed by atoms with Crippen LogP contribution in [-0.4, -0.2) is 18.3 Å². The monoisotopic (exact) mass is 370 g/mol. The first-order valence-corrected chi connectivity index (χ1v) is 8.62. The molecule has 0 heterocycles. The molecule has 134 valence electrons. The van der Waals surface area contributed by atoms with E-state index in [0.29, 0.717) is 29.5 Å². The van der Waals surface area contributed by atoms with Crippen LogP contribution in [0.4, 0.5) is 5.69 Å². The molecule has 2 aromatic carbocycles. The summed E-state index contributed by atoms with van der Waals surface area (Å²) < 4.78 is 5.43. The quantitative estimate of drug-likeness (QED) is 0.712. The maximum Gasteiger partial charge on any atom is 0.249 e. The van der Waals surface area contributed by atoms with Crippen molar-refractivity contribution in [3.05, 3.63) is 59.1 Å². The van der Waals surface area contributed by atoms with E-state index >= 15 is 0 Å². The second kappa shape index (κ2) is 9.59. The highest BCUT2D eigenvalue weighted by Crippen LogP contribution is 2.24. The van der Waals surface area contributed by atoms with Gasteiger partial charge in [-0.05, 0) is 43.2 Å². The van der Waals surface area contributed by atoms with Crippen LogP contribution in [0.25, 0.3) is 0 Å². The summed E-state index contributed by atoms with van der Waals surface area (Å²) >= 11 is 5.92. The molecule has 0 saturated heterocycles. The zero-order valence-corrected chi connectivity index (χ0v) is 15.1. The minimum Gasteiger partial charge on any atom is -0.492 e. The van der Waals surface area contributed by atoms with Gasteiger partial charge in [-0.15, -0.1) is 0 Å². The van der Waals surface area contributed by atoms with Crippen molar-refractivity contribution in [1.29, 1.82) is 5.26 Å². The summed E-state index contributed by atoms with van der Waals surface area (Å²) in [5, 5.41) is 12.5. The number of carbonyl (C=O) groups is 2. The van der Waals surface area contributed by atoms with Gasteiger partial charge < -0.3 is 10.1 Å². The van der Waals surface area contributed by atoms with Crippen molar-refractivity contribution in [1.82, 2.24) is 0 Å². The van der Waals surface area contributed by atoms with Gasteiger partial charge >= 0.3 is 0 Å². The summed E-state index contributed by atoms with van der Waals surface area (Å²) in [7, 11) is 0. The van der Waals surface area contributed by atoms with Gasteiger partial charge in [0.2, 0.25) is 5.91 Å². The summed E-state index contributed by atoms with van der Waals surface area (Å²) in [5.74, 6) is -1.97. The van der Waals surface area contributed by atoms with Gasteiger partial charge in [0.25, 0.3) is 0 Å². The number of anilines is 1. The fourth-order valence-corrected chi connectivity index (χ4v) is 2.65. The van der Waals surface area contributed by atoms with E-state index in [2.05, 4.69) is 5.32 Å². The molecule has 2 aromatic rings. The molecule has 0 aliphatic heterocycles. The van der Waals surface area contributed by atoms with Crippen LogP contribution in [0.2, 0.25) is 5.02 Å². The molecule has 2 rings (SSSR count). The van der Waals surface area contributed by atoms with Crippen LogP contribution >= 0.6 is 11.6 Å². The molecule has 5 nitrogen and oxygen atoms in total. The van der Waals surface area contributed by atoms with E-state index in [1.54, 1.807) is 48.5 Å². The number of benzene rings is 2. The Balaban J connectivity index is 2.02. The molecular formula is C20H19ClN2O3. The fraction of sp³-hybridized carbons (Fsp3) is 0.250. The molecule has 0 saturated carbocycles. The van der Waals surface area contributed by atoms with Crippen molar-refractivity contribution < 1.29 is 14.3 Å². The Morgan fingerprint density at radius 1 is 1.23 bits per heavy atom. The lowest BCUT2D eigenvalue weighted by atomic mass is 9.98. The summed E-state index contributed by atoms with van der Waals surface area (Å²) in [6.07, 6.45) is 0.499. The van der Waals surface area contributed by atoms with Crippen LogP contribution in [0.3, 0.4) is 0 Å². The van der Waals surface area contributed by atoms with Crippen molar-refractivity contribution in [3.8, 4) is 11.8 Å². The molecule has 0 aliphatic rings. The second-order valence-corrected chi connectivity index (χ2v) is 6.01. The van der Waals surface area contributed by atoms with Crippen LogP contribution in [0.5, 0.6) is 5.75 Å². The summed E-state index contributed by atoms with van der Waals surface area (Å²) in [6.45, 7) is 2.27. The molecule has 0 bridgehead atoms. The first-order valence-electron chi connectivity index (χ1n) is 8.24. The van der Waals surface area contributed by atoms with E-state index in [1.807, 2.05) is 13.0 Å². The largest absolute Gasteiger partial charge is 0.492 e. The number of nitrogens with one attached hydrogen (secondary N) is 1. The number of hydrogen-bond donors (Lipinski definition) is 1. The Bertz CT molecular complexity index is 830. The standard InChI is InChI=1S/C20H19ClN2O3/c1-2-26-19-9-4-3-8-17(19)23-20(25)16(13-22)18(24)11-10-14-6-5-7-15(21)12-14/h3-9,12,16H,2,10-11H2,1H3,(H,23,25). The minimum absolute atomic E-state index is 0.0824. The van der Waals surface area contributed by atoms with Crippen LogP contribution in [0, 0.1) is 17.2 Å². The number of ether oxygens (including phenoxy) is 1. The first-order chi connectivity index (χ1) is 12.5. The second-order valence-electron chi connectivity index (χ2n) is 5.58. The predicted molar refractivity (Wildman–Crippen MR) is 100 cm³/mol. The number of amides is 1. The lowest BCUT2D eigenvalue weighted by molar-refractivity contribution is -0.128. The molecule has 0 aromatic heterocycles. The van der Waals surface area contributed by atoms with Gasteiger partial charge in [0, 0.05) is 11.4 Å². The van der Waals surface area contributed by atoms with Crippen molar-refractivity contribution in [2.45, 2.75) is 19.8 Å². The number of hydrogen-bond acceptors (Lipinski definition) is 4. The van der Waals surface area contributed by atoms with Crippen LogP contribution in [0.15, 0.2) is 48.5 Å². The SMILES string of the molecule is CCOc1ccccc1NC(=O)C(C#N)C(=O)CCc1cccc(Cl)c1. The van der Waals surface area contributed by atoms with E-state index < -0.39 is 17.6 Å². The van der Waals surface area contributed by atoms with Gasteiger partial charge in [-0.2, -0.15) is 5.26 Å². The Morgan fingerprint density at radius 2 is 2.00 bits per heavy atom. The number of para-hydroxylation sites is 2. The van der Waals surface area contributed by atoms with Gasteiger partial charge in [-0.25, -0.2) is 0 Å². The number of ketones is 1. The molecular weight excluding hydrogens is 352 g/mol. The number of carbonyl (C=O) groups excluding carboxylic acids is 2. The Hall–Kier alpha value is -2.84. The van der Waals surface area contributed by atoms with Gasteiger partial charge in [-0.1, -0.05) is 35.9 Å². The summed E-state index contributed by atoms with van der Waals surface area (Å²) in [4.78, 5) is 24.7. The van der Waals surface area contributed by atoms with Gasteiger partial charge in [0.05, 0.1) is 18.4 Å². The lowest BCUT2D eigenvalue weighted by Crippen LogP contribution is -2.29.